The zero-order valence-corrected chi connectivity index (χ0v) is 12.1. The lowest BCUT2D eigenvalue weighted by Gasteiger charge is -2.30. The molecule has 1 rings (SSSR count). The molecule has 0 bridgehead atoms. The number of nitrogens with one attached hydrogen (secondary N) is 1. The van der Waals surface area contributed by atoms with Gasteiger partial charge in [-0.2, -0.15) is 0 Å². The predicted molar refractivity (Wildman–Crippen MR) is 75.2 cm³/mol. The van der Waals surface area contributed by atoms with Crippen LogP contribution in [0.4, 0.5) is 0 Å². The second-order valence-electron chi connectivity index (χ2n) is 5.90. The first-order valence-electron chi connectivity index (χ1n) is 7.24. The minimum atomic E-state index is -0.0496. The average molecular weight is 255 g/mol. The smallest absolute Gasteiger partial charge is 0.224 e. The van der Waals surface area contributed by atoms with Crippen LogP contribution in [0.25, 0.3) is 0 Å². The van der Waals surface area contributed by atoms with Crippen molar-refractivity contribution in [1.82, 2.24) is 10.2 Å². The van der Waals surface area contributed by atoms with E-state index in [-0.39, 0.29) is 11.8 Å². The highest BCUT2D eigenvalue weighted by Gasteiger charge is 2.20. The van der Waals surface area contributed by atoms with Crippen molar-refractivity contribution in [2.75, 3.05) is 32.7 Å². The van der Waals surface area contributed by atoms with Gasteiger partial charge in [0.2, 0.25) is 5.91 Å². The van der Waals surface area contributed by atoms with Crippen LogP contribution in [0.1, 0.15) is 33.6 Å². The molecule has 0 aromatic rings. The van der Waals surface area contributed by atoms with Crippen molar-refractivity contribution < 1.29 is 4.79 Å². The van der Waals surface area contributed by atoms with E-state index in [1.165, 1.54) is 25.9 Å². The van der Waals surface area contributed by atoms with E-state index in [1.807, 2.05) is 13.8 Å². The van der Waals surface area contributed by atoms with E-state index in [1.54, 1.807) is 0 Å². The lowest BCUT2D eigenvalue weighted by molar-refractivity contribution is -0.126. The molecular weight excluding hydrogens is 226 g/mol. The highest BCUT2D eigenvalue weighted by molar-refractivity contribution is 5.79. The number of carbonyl (C=O) groups is 1. The van der Waals surface area contributed by atoms with Crippen LogP contribution in [0.5, 0.6) is 0 Å². The topological polar surface area (TPSA) is 58.4 Å². The van der Waals surface area contributed by atoms with E-state index in [0.717, 1.165) is 19.0 Å². The van der Waals surface area contributed by atoms with Gasteiger partial charge < -0.3 is 16.0 Å². The summed E-state index contributed by atoms with van der Waals surface area (Å²) in [5.41, 5.74) is 5.63. The summed E-state index contributed by atoms with van der Waals surface area (Å²) < 4.78 is 0. The average Bonchev–Trinajstić information content (AvgIpc) is 2.32. The van der Waals surface area contributed by atoms with Gasteiger partial charge in [0.25, 0.3) is 0 Å². The fourth-order valence-electron chi connectivity index (χ4n) is 2.44. The highest BCUT2D eigenvalue weighted by Crippen LogP contribution is 2.15. The second-order valence-corrected chi connectivity index (χ2v) is 5.90. The third-order valence-electron chi connectivity index (χ3n) is 4.00. The molecule has 0 saturated carbocycles. The molecule has 18 heavy (non-hydrogen) atoms. The van der Waals surface area contributed by atoms with Crippen molar-refractivity contribution in [1.29, 1.82) is 0 Å². The third kappa shape index (κ3) is 4.94. The monoisotopic (exact) mass is 255 g/mol. The Balaban J connectivity index is 2.19. The molecule has 1 saturated heterocycles. The van der Waals surface area contributed by atoms with Gasteiger partial charge in [-0.1, -0.05) is 20.8 Å². The van der Waals surface area contributed by atoms with Crippen LogP contribution >= 0.6 is 0 Å². The Bertz CT molecular complexity index is 247. The summed E-state index contributed by atoms with van der Waals surface area (Å²) in [5.74, 6) is 1.23. The molecule has 1 aliphatic rings. The molecule has 106 valence electrons. The standard InChI is InChI=1S/C14H29N3O/c1-11(2)13(10-15)14(18)16-6-9-17-7-4-12(3)5-8-17/h11-13H,4-10,15H2,1-3H3,(H,16,18). The van der Waals surface area contributed by atoms with Crippen molar-refractivity contribution in [2.45, 2.75) is 33.6 Å². The maximum atomic E-state index is 11.9. The van der Waals surface area contributed by atoms with Crippen molar-refractivity contribution >= 4 is 5.91 Å². The zero-order chi connectivity index (χ0) is 13.5. The Kier molecular flexibility index (Phi) is 6.65. The number of hydrogen-bond donors (Lipinski definition) is 2. The maximum absolute atomic E-state index is 11.9. The molecule has 0 aliphatic carbocycles. The Morgan fingerprint density at radius 1 is 1.39 bits per heavy atom. The third-order valence-corrected chi connectivity index (χ3v) is 4.00. The van der Waals surface area contributed by atoms with Gasteiger partial charge in [0.05, 0.1) is 5.92 Å². The minimum absolute atomic E-state index is 0.0496. The number of nitrogens with zero attached hydrogens (tertiary/aromatic N) is 1. The van der Waals surface area contributed by atoms with Crippen LogP contribution in [0.15, 0.2) is 0 Å². The van der Waals surface area contributed by atoms with Crippen molar-refractivity contribution in [2.24, 2.45) is 23.5 Å². The van der Waals surface area contributed by atoms with E-state index in [4.69, 9.17) is 5.73 Å². The molecule has 1 aliphatic heterocycles. The Morgan fingerprint density at radius 2 is 2.00 bits per heavy atom. The largest absolute Gasteiger partial charge is 0.355 e. The number of hydrogen-bond acceptors (Lipinski definition) is 3. The predicted octanol–water partition coefficient (Wildman–Crippen LogP) is 1.07. The number of amides is 1. The summed E-state index contributed by atoms with van der Waals surface area (Å²) in [5, 5.41) is 3.01. The molecule has 0 aromatic carbocycles. The molecule has 1 amide bonds. The van der Waals surface area contributed by atoms with Gasteiger partial charge in [0, 0.05) is 19.6 Å². The van der Waals surface area contributed by atoms with Crippen LogP contribution in [-0.4, -0.2) is 43.5 Å². The Labute approximate surface area is 111 Å². The molecule has 1 fully saturated rings. The molecule has 1 atom stereocenters. The second kappa shape index (κ2) is 7.74. The Morgan fingerprint density at radius 3 is 2.50 bits per heavy atom. The van der Waals surface area contributed by atoms with Gasteiger partial charge in [-0.15, -0.1) is 0 Å². The van der Waals surface area contributed by atoms with Gasteiger partial charge in [0.15, 0.2) is 0 Å². The van der Waals surface area contributed by atoms with Gasteiger partial charge >= 0.3 is 0 Å². The maximum Gasteiger partial charge on any atom is 0.224 e. The minimum Gasteiger partial charge on any atom is -0.355 e. The summed E-state index contributed by atoms with van der Waals surface area (Å²) in [4.78, 5) is 14.3. The summed E-state index contributed by atoms with van der Waals surface area (Å²) in [6, 6.07) is 0. The van der Waals surface area contributed by atoms with Crippen molar-refractivity contribution in [3.8, 4) is 0 Å². The van der Waals surface area contributed by atoms with Gasteiger partial charge in [0.1, 0.15) is 0 Å². The molecule has 4 nitrogen and oxygen atoms in total. The zero-order valence-electron chi connectivity index (χ0n) is 12.1. The summed E-state index contributed by atoms with van der Waals surface area (Å²) in [6.45, 7) is 10.9. The van der Waals surface area contributed by atoms with E-state index < -0.39 is 0 Å². The normalized spacial score (nSPS) is 20.1. The van der Waals surface area contributed by atoms with Crippen LogP contribution in [0.2, 0.25) is 0 Å². The van der Waals surface area contributed by atoms with E-state index in [9.17, 15) is 4.79 Å². The fourth-order valence-corrected chi connectivity index (χ4v) is 2.44. The first kappa shape index (κ1) is 15.4. The van der Waals surface area contributed by atoms with Crippen molar-refractivity contribution in [3.63, 3.8) is 0 Å². The van der Waals surface area contributed by atoms with E-state index in [2.05, 4.69) is 17.1 Å². The number of rotatable bonds is 6. The van der Waals surface area contributed by atoms with Gasteiger partial charge in [-0.25, -0.2) is 0 Å². The molecule has 0 radical (unpaired) electrons. The molecule has 1 unspecified atom stereocenters. The summed E-state index contributed by atoms with van der Waals surface area (Å²) >= 11 is 0. The van der Waals surface area contributed by atoms with Gasteiger partial charge in [-0.3, -0.25) is 4.79 Å². The molecular formula is C14H29N3O. The van der Waals surface area contributed by atoms with Crippen LogP contribution in [0.3, 0.4) is 0 Å². The SMILES string of the molecule is CC1CCN(CCNC(=O)C(CN)C(C)C)CC1. The van der Waals surface area contributed by atoms with E-state index >= 15 is 0 Å². The van der Waals surface area contributed by atoms with Crippen LogP contribution in [-0.2, 0) is 4.79 Å². The van der Waals surface area contributed by atoms with Crippen LogP contribution in [0, 0.1) is 17.8 Å². The molecule has 1 heterocycles. The lowest BCUT2D eigenvalue weighted by Crippen LogP contribution is -2.43. The Hall–Kier alpha value is -0.610. The number of carbonyl (C=O) groups excluding carboxylic acids is 1. The first-order valence-corrected chi connectivity index (χ1v) is 7.24. The highest BCUT2D eigenvalue weighted by atomic mass is 16.1. The van der Waals surface area contributed by atoms with Crippen molar-refractivity contribution in [3.05, 3.63) is 0 Å². The number of likely N-dealkylation sites (tertiary alicyclic amines) is 1. The summed E-state index contributed by atoms with van der Waals surface area (Å²) in [6.07, 6.45) is 2.57. The number of nitrogens with two attached hydrogens (primary N) is 1. The number of piperidine rings is 1. The lowest BCUT2D eigenvalue weighted by atomic mass is 9.95. The molecule has 0 spiro atoms. The van der Waals surface area contributed by atoms with Crippen LogP contribution < -0.4 is 11.1 Å². The first-order chi connectivity index (χ1) is 8.54. The molecule has 3 N–H and O–H groups in total. The van der Waals surface area contributed by atoms with E-state index in [0.29, 0.717) is 12.5 Å². The summed E-state index contributed by atoms with van der Waals surface area (Å²) in [7, 11) is 0. The molecule has 0 aromatic heterocycles. The van der Waals surface area contributed by atoms with Gasteiger partial charge in [-0.05, 0) is 37.8 Å². The quantitative estimate of drug-likeness (QED) is 0.746. The molecule has 4 heteroatoms. The fraction of sp³-hybridized carbons (Fsp3) is 0.929.